The summed E-state index contributed by atoms with van der Waals surface area (Å²) in [5, 5.41) is 12.7. The van der Waals surface area contributed by atoms with Gasteiger partial charge >= 0.3 is 0 Å². The molecular formula is C39H38N2O6. The monoisotopic (exact) mass is 630 g/mol. The molecule has 4 aromatic rings. The molecule has 0 unspecified atom stereocenters. The number of ether oxygens (including phenoxy) is 2. The van der Waals surface area contributed by atoms with E-state index in [4.69, 9.17) is 13.9 Å². The van der Waals surface area contributed by atoms with Gasteiger partial charge in [-0.3, -0.25) is 14.5 Å². The Morgan fingerprint density at radius 2 is 1.64 bits per heavy atom. The molecule has 47 heavy (non-hydrogen) atoms. The first kappa shape index (κ1) is 30.7. The van der Waals surface area contributed by atoms with Crippen LogP contribution in [0.4, 0.5) is 17.1 Å². The predicted molar refractivity (Wildman–Crippen MR) is 180 cm³/mol. The Morgan fingerprint density at radius 3 is 2.36 bits per heavy atom. The summed E-state index contributed by atoms with van der Waals surface area (Å²) in [5.41, 5.74) is 5.69. The summed E-state index contributed by atoms with van der Waals surface area (Å²) in [6, 6.07) is 30.6. The molecule has 2 N–H and O–H groups in total. The maximum atomic E-state index is 14.1. The quantitative estimate of drug-likeness (QED) is 0.133. The van der Waals surface area contributed by atoms with Crippen molar-refractivity contribution in [1.82, 2.24) is 0 Å². The molecule has 2 amide bonds. The molecule has 0 bridgehead atoms. The number of para-hydroxylation sites is 2. The van der Waals surface area contributed by atoms with Crippen molar-refractivity contribution in [1.29, 1.82) is 0 Å². The Balaban J connectivity index is 1.12. The normalized spacial score (nSPS) is 22.4. The second kappa shape index (κ2) is 13.4. The summed E-state index contributed by atoms with van der Waals surface area (Å²) in [6.07, 6.45) is 3.76. The first-order chi connectivity index (χ1) is 23.0. The van der Waals surface area contributed by atoms with Gasteiger partial charge in [0.1, 0.15) is 30.5 Å². The lowest BCUT2D eigenvalue weighted by Gasteiger charge is -2.31. The molecule has 3 aliphatic rings. The van der Waals surface area contributed by atoms with Gasteiger partial charge in [0.05, 0.1) is 30.2 Å². The number of carbonyl (C=O) groups is 2. The van der Waals surface area contributed by atoms with Crippen LogP contribution < -0.4 is 15.0 Å². The molecule has 1 aromatic heterocycles. The van der Waals surface area contributed by atoms with Gasteiger partial charge < -0.3 is 24.3 Å². The van der Waals surface area contributed by atoms with E-state index < -0.39 is 11.8 Å². The van der Waals surface area contributed by atoms with E-state index in [1.54, 1.807) is 6.07 Å². The Kier molecular flexibility index (Phi) is 8.78. The topological polar surface area (TPSA) is 101 Å². The zero-order valence-electron chi connectivity index (χ0n) is 26.3. The van der Waals surface area contributed by atoms with Gasteiger partial charge in [-0.05, 0) is 104 Å². The predicted octanol–water partition coefficient (Wildman–Crippen LogP) is 7.30. The Labute approximate surface area is 274 Å². The Hall–Kier alpha value is -4.92. The van der Waals surface area contributed by atoms with E-state index >= 15 is 0 Å². The minimum absolute atomic E-state index is 0.135. The van der Waals surface area contributed by atoms with Crippen LogP contribution in [0.25, 0.3) is 6.08 Å². The molecule has 2 fully saturated rings. The number of aliphatic hydroxyl groups is 1. The molecule has 1 aliphatic carbocycles. The molecule has 4 atom stereocenters. The number of allylic oxidation sites excluding steroid dienone is 1. The van der Waals surface area contributed by atoms with Crippen LogP contribution in [0.2, 0.25) is 0 Å². The van der Waals surface area contributed by atoms with Gasteiger partial charge in [-0.2, -0.15) is 0 Å². The van der Waals surface area contributed by atoms with Crippen LogP contribution in [-0.4, -0.2) is 36.2 Å². The second-order valence-corrected chi connectivity index (χ2v) is 12.5. The first-order valence-corrected chi connectivity index (χ1v) is 16.2. The van der Waals surface area contributed by atoms with Gasteiger partial charge in [-0.1, -0.05) is 42.0 Å². The molecule has 8 nitrogen and oxygen atoms in total. The van der Waals surface area contributed by atoms with Gasteiger partial charge in [0.15, 0.2) is 0 Å². The molecule has 0 spiro atoms. The van der Waals surface area contributed by atoms with E-state index in [9.17, 15) is 14.7 Å². The minimum Gasteiger partial charge on any atom is -0.489 e. The van der Waals surface area contributed by atoms with Crippen LogP contribution in [0.15, 0.2) is 118 Å². The molecule has 3 heterocycles. The number of amides is 2. The summed E-state index contributed by atoms with van der Waals surface area (Å²) >= 11 is 0. The fourth-order valence-electron chi connectivity index (χ4n) is 7.16. The van der Waals surface area contributed by atoms with Gasteiger partial charge in [0.2, 0.25) is 11.8 Å². The lowest BCUT2D eigenvalue weighted by Crippen LogP contribution is -2.35. The molecule has 8 heteroatoms. The Morgan fingerprint density at radius 1 is 0.915 bits per heavy atom. The maximum absolute atomic E-state index is 14.1. The number of imide groups is 1. The highest BCUT2D eigenvalue weighted by Crippen LogP contribution is 2.50. The van der Waals surface area contributed by atoms with E-state index in [0.717, 1.165) is 46.7 Å². The minimum atomic E-state index is -0.471. The lowest BCUT2D eigenvalue weighted by molar-refractivity contribution is -0.122. The highest BCUT2D eigenvalue weighted by molar-refractivity contribution is 6.22. The van der Waals surface area contributed by atoms with Crippen molar-refractivity contribution in [3.8, 4) is 5.75 Å². The number of anilines is 3. The van der Waals surface area contributed by atoms with Crippen molar-refractivity contribution < 1.29 is 28.6 Å². The number of hydrogen-bond donors (Lipinski definition) is 2. The smallest absolute Gasteiger partial charge is 0.238 e. The van der Waals surface area contributed by atoms with Crippen LogP contribution in [0, 0.1) is 17.8 Å². The van der Waals surface area contributed by atoms with Crippen molar-refractivity contribution in [3.63, 3.8) is 0 Å². The first-order valence-electron chi connectivity index (χ1n) is 16.2. The van der Waals surface area contributed by atoms with Crippen molar-refractivity contribution in [2.75, 3.05) is 23.4 Å². The van der Waals surface area contributed by atoms with E-state index in [1.165, 1.54) is 4.90 Å². The number of carbonyl (C=O) groups excluding carboxylic acids is 2. The van der Waals surface area contributed by atoms with Crippen molar-refractivity contribution in [3.05, 3.63) is 125 Å². The van der Waals surface area contributed by atoms with E-state index in [1.807, 2.05) is 97.1 Å². The fraction of sp³-hybridized carbons (Fsp3) is 0.282. The third kappa shape index (κ3) is 6.39. The number of benzene rings is 3. The van der Waals surface area contributed by atoms with E-state index in [2.05, 4.69) is 12.2 Å². The number of fused-ring (bicyclic) bond motifs is 3. The zero-order valence-corrected chi connectivity index (χ0v) is 26.3. The van der Waals surface area contributed by atoms with Gasteiger partial charge in [0, 0.05) is 17.3 Å². The maximum Gasteiger partial charge on any atom is 0.238 e. The lowest BCUT2D eigenvalue weighted by atomic mass is 9.69. The molecule has 0 saturated carbocycles. The van der Waals surface area contributed by atoms with Crippen LogP contribution in [0.1, 0.15) is 37.7 Å². The van der Waals surface area contributed by atoms with Crippen molar-refractivity contribution >= 4 is 35.0 Å². The molecule has 3 aromatic carbocycles. The molecular weight excluding hydrogens is 592 g/mol. The summed E-state index contributed by atoms with van der Waals surface area (Å²) in [7, 11) is 0. The average molecular weight is 631 g/mol. The fourth-order valence-corrected chi connectivity index (χ4v) is 7.16. The van der Waals surface area contributed by atoms with Crippen LogP contribution >= 0.6 is 0 Å². The summed E-state index contributed by atoms with van der Waals surface area (Å²) in [5.74, 6) is 0.547. The number of nitrogens with zero attached hydrogens (tertiary/aromatic N) is 1. The second-order valence-electron chi connectivity index (χ2n) is 12.5. The van der Waals surface area contributed by atoms with Crippen molar-refractivity contribution in [2.24, 2.45) is 17.8 Å². The van der Waals surface area contributed by atoms with Gasteiger partial charge in [-0.25, -0.2) is 0 Å². The SMILES string of the molecule is C/C(=C\c1ccc(CO)o1)CC[C@H]1OC[C@H]2C1=C(COc1ccccc1)C[C@H]1C(=O)N(c3ccc(Nc4ccccc4)cc3)C(=O)[C@H]12. The third-order valence-electron chi connectivity index (χ3n) is 9.38. The summed E-state index contributed by atoms with van der Waals surface area (Å²) in [6.45, 7) is 2.65. The number of rotatable bonds is 11. The highest BCUT2D eigenvalue weighted by Gasteiger charge is 2.57. The number of nitrogens with one attached hydrogen (secondary N) is 1. The van der Waals surface area contributed by atoms with Crippen molar-refractivity contribution in [2.45, 2.75) is 38.9 Å². The standard InChI is InChI=1S/C39H38N2O6/c1-25(20-31-17-18-32(22-42)47-31)12-19-35-36-26(23-45-30-10-6-3-7-11-30)21-33-37(34(36)24-46-35)39(44)41(38(33)43)29-15-13-28(14-16-29)40-27-8-4-2-5-9-27/h2-11,13-18,20,33-35,37,40,42H,12,19,21-24H2,1H3/b25-20+/t33-,34+,35-,37-/m1/s1. The Bertz CT molecular complexity index is 1790. The molecule has 7 rings (SSSR count). The van der Waals surface area contributed by atoms with Crippen LogP contribution in [0.3, 0.4) is 0 Å². The van der Waals surface area contributed by atoms with Gasteiger partial charge in [-0.15, -0.1) is 0 Å². The third-order valence-corrected chi connectivity index (χ3v) is 9.38. The largest absolute Gasteiger partial charge is 0.489 e. The zero-order chi connectivity index (χ0) is 32.3. The summed E-state index contributed by atoms with van der Waals surface area (Å²) < 4.78 is 18.3. The number of aliphatic hydroxyl groups excluding tert-OH is 1. The average Bonchev–Trinajstić information content (AvgIpc) is 3.80. The molecule has 240 valence electrons. The number of furan rings is 1. The van der Waals surface area contributed by atoms with Crippen LogP contribution in [0.5, 0.6) is 5.75 Å². The number of hydrogen-bond acceptors (Lipinski definition) is 7. The highest BCUT2D eigenvalue weighted by atomic mass is 16.5. The summed E-state index contributed by atoms with van der Waals surface area (Å²) in [4.78, 5) is 29.5. The molecule has 0 radical (unpaired) electrons. The molecule has 2 saturated heterocycles. The van der Waals surface area contributed by atoms with Gasteiger partial charge in [0.25, 0.3) is 0 Å². The van der Waals surface area contributed by atoms with E-state index in [0.29, 0.717) is 36.8 Å². The van der Waals surface area contributed by atoms with Crippen LogP contribution in [-0.2, 0) is 20.9 Å². The molecule has 2 aliphatic heterocycles. The van der Waals surface area contributed by atoms with E-state index in [-0.39, 0.29) is 30.4 Å².